The van der Waals surface area contributed by atoms with Gasteiger partial charge in [0, 0.05) is 52.7 Å². The molecule has 0 fully saturated rings. The summed E-state index contributed by atoms with van der Waals surface area (Å²) in [5.74, 6) is 0. The Kier molecular flexibility index (Phi) is 5.96. The normalized spacial score (nSPS) is 10.5. The Labute approximate surface area is 187 Å². The minimum atomic E-state index is 0.613. The van der Waals surface area contributed by atoms with Crippen molar-refractivity contribution in [1.29, 1.82) is 0 Å². The number of nitrogen functional groups attached to an aromatic ring is 1. The number of hydrogen-bond donors (Lipinski definition) is 2. The highest BCUT2D eigenvalue weighted by Gasteiger charge is 2.12. The molecule has 3 N–H and O–H groups in total. The van der Waals surface area contributed by atoms with Gasteiger partial charge in [0.05, 0.1) is 22.8 Å². The maximum atomic E-state index is 6.24. The highest BCUT2D eigenvalue weighted by Crippen LogP contribution is 2.29. The highest BCUT2D eigenvalue weighted by atomic mass is 14.8. The summed E-state index contributed by atoms with van der Waals surface area (Å²) < 4.78 is 0. The maximum Gasteiger partial charge on any atom is 0.0795 e. The molecular formula is C27H23N5. The molecule has 5 aromatic rings. The molecule has 32 heavy (non-hydrogen) atoms. The van der Waals surface area contributed by atoms with Gasteiger partial charge in [-0.1, -0.05) is 23.8 Å². The van der Waals surface area contributed by atoms with Crippen LogP contribution in [0.3, 0.4) is 0 Å². The number of aromatic nitrogens is 4. The van der Waals surface area contributed by atoms with Crippen LogP contribution in [0, 0.1) is 19.8 Å². The van der Waals surface area contributed by atoms with Crippen LogP contribution in [-0.2, 0) is 6.42 Å². The number of hydrogen-bond acceptors (Lipinski definition) is 4. The van der Waals surface area contributed by atoms with Gasteiger partial charge in [-0.25, -0.2) is 0 Å². The first kappa shape index (κ1) is 20.8. The van der Waals surface area contributed by atoms with Crippen LogP contribution in [0.5, 0.6) is 0 Å². The molecular weight excluding hydrogens is 394 g/mol. The van der Waals surface area contributed by atoms with Crippen molar-refractivity contribution in [3.63, 3.8) is 0 Å². The Hall–Kier alpha value is -4.43. The van der Waals surface area contributed by atoms with Gasteiger partial charge in [-0.3, -0.25) is 15.0 Å². The van der Waals surface area contributed by atoms with Gasteiger partial charge >= 0.3 is 0 Å². The Morgan fingerprint density at radius 1 is 0.938 bits per heavy atom. The van der Waals surface area contributed by atoms with Crippen LogP contribution in [0.15, 0.2) is 79.3 Å². The third-order valence-corrected chi connectivity index (χ3v) is 5.22. The number of benzene rings is 1. The van der Waals surface area contributed by atoms with E-state index in [9.17, 15) is 0 Å². The molecule has 0 saturated carbocycles. The fourth-order valence-electron chi connectivity index (χ4n) is 3.74. The topological polar surface area (TPSA) is 80.5 Å². The first-order valence-corrected chi connectivity index (χ1v) is 10.2. The van der Waals surface area contributed by atoms with Crippen molar-refractivity contribution in [2.45, 2.75) is 13.3 Å². The molecule has 5 rings (SSSR count). The van der Waals surface area contributed by atoms with Gasteiger partial charge in [0.15, 0.2) is 0 Å². The number of H-pyrrole nitrogens is 1. The van der Waals surface area contributed by atoms with Gasteiger partial charge < -0.3 is 10.7 Å². The van der Waals surface area contributed by atoms with E-state index in [4.69, 9.17) is 10.7 Å². The Morgan fingerprint density at radius 2 is 1.78 bits per heavy atom. The van der Waals surface area contributed by atoms with E-state index in [-0.39, 0.29) is 0 Å². The Bertz CT molecular complexity index is 1380. The predicted octanol–water partition coefficient (Wildman–Crippen LogP) is 5.42. The minimum absolute atomic E-state index is 0.613. The number of nitrogens with two attached hydrogens (primary N) is 1. The largest absolute Gasteiger partial charge is 0.397 e. The second-order valence-corrected chi connectivity index (χ2v) is 7.44. The maximum absolute atomic E-state index is 6.24. The molecule has 0 unspecified atom stereocenters. The standard InChI is InChI=1S/C25H21N5.C2H2/c1-16-4-2-5-17(12-16)25-20-13-19(29-23(20)9-11-28-25)14-24-21(26)7-8-22(30-24)18-6-3-10-27-15-18;1-2/h2-13,15,29H,14,26H2,1H3;1-2H. The van der Waals surface area contributed by atoms with Crippen molar-refractivity contribution in [3.8, 4) is 35.4 Å². The molecule has 0 aliphatic heterocycles. The summed E-state index contributed by atoms with van der Waals surface area (Å²) in [6, 6.07) is 20.3. The number of fused-ring (bicyclic) bond motifs is 1. The lowest BCUT2D eigenvalue weighted by Crippen LogP contribution is -2.01. The summed E-state index contributed by atoms with van der Waals surface area (Å²) in [6.45, 7) is 2.09. The van der Waals surface area contributed by atoms with E-state index < -0.39 is 0 Å². The molecule has 0 amide bonds. The SMILES string of the molecule is C#C.Cc1cccc(-c2nccc3[nH]c(Cc4nc(-c5cccnc5)ccc4N)cc23)c1. The fourth-order valence-corrected chi connectivity index (χ4v) is 3.74. The zero-order valence-electron chi connectivity index (χ0n) is 17.8. The lowest BCUT2D eigenvalue weighted by atomic mass is 10.1. The molecule has 4 aromatic heterocycles. The molecule has 5 nitrogen and oxygen atoms in total. The zero-order valence-corrected chi connectivity index (χ0v) is 17.8. The number of aromatic amines is 1. The quantitative estimate of drug-likeness (QED) is 0.383. The van der Waals surface area contributed by atoms with Gasteiger partial charge in [-0.15, -0.1) is 12.8 Å². The first-order chi connectivity index (χ1) is 15.7. The van der Waals surface area contributed by atoms with E-state index in [0.29, 0.717) is 12.1 Å². The van der Waals surface area contributed by atoms with E-state index >= 15 is 0 Å². The van der Waals surface area contributed by atoms with Crippen molar-refractivity contribution in [1.82, 2.24) is 19.9 Å². The van der Waals surface area contributed by atoms with E-state index in [1.807, 2.05) is 42.7 Å². The van der Waals surface area contributed by atoms with E-state index in [1.54, 1.807) is 6.20 Å². The van der Waals surface area contributed by atoms with Crippen molar-refractivity contribution in [2.75, 3.05) is 5.73 Å². The summed E-state index contributed by atoms with van der Waals surface area (Å²) in [5, 5.41) is 1.10. The number of terminal acetylenes is 1. The van der Waals surface area contributed by atoms with Crippen LogP contribution in [-0.4, -0.2) is 19.9 Å². The summed E-state index contributed by atoms with van der Waals surface area (Å²) in [7, 11) is 0. The van der Waals surface area contributed by atoms with Crippen LogP contribution in [0.2, 0.25) is 0 Å². The third-order valence-electron chi connectivity index (χ3n) is 5.22. The average molecular weight is 418 g/mol. The van der Waals surface area contributed by atoms with Crippen LogP contribution >= 0.6 is 0 Å². The monoisotopic (exact) mass is 417 g/mol. The number of nitrogens with one attached hydrogen (secondary N) is 1. The molecule has 0 bridgehead atoms. The van der Waals surface area contributed by atoms with Crippen molar-refractivity contribution in [3.05, 3.63) is 96.2 Å². The van der Waals surface area contributed by atoms with Gasteiger partial charge in [0.1, 0.15) is 0 Å². The van der Waals surface area contributed by atoms with Crippen molar-refractivity contribution >= 4 is 16.6 Å². The smallest absolute Gasteiger partial charge is 0.0795 e. The second-order valence-electron chi connectivity index (χ2n) is 7.44. The predicted molar refractivity (Wildman–Crippen MR) is 131 cm³/mol. The lowest BCUT2D eigenvalue weighted by Gasteiger charge is -2.07. The molecule has 0 spiro atoms. The van der Waals surface area contributed by atoms with Gasteiger partial charge in [-0.05, 0) is 49.4 Å². The minimum Gasteiger partial charge on any atom is -0.397 e. The molecule has 0 saturated heterocycles. The molecule has 0 aliphatic rings. The Morgan fingerprint density at radius 3 is 2.56 bits per heavy atom. The van der Waals surface area contributed by atoms with Crippen molar-refractivity contribution in [2.24, 2.45) is 0 Å². The number of rotatable bonds is 4. The fraction of sp³-hybridized carbons (Fsp3) is 0.0741. The first-order valence-electron chi connectivity index (χ1n) is 10.2. The molecule has 1 aromatic carbocycles. The van der Waals surface area contributed by atoms with Crippen LogP contribution in [0.1, 0.15) is 17.0 Å². The van der Waals surface area contributed by atoms with E-state index in [0.717, 1.165) is 44.8 Å². The van der Waals surface area contributed by atoms with Gasteiger partial charge in [0.25, 0.3) is 0 Å². The molecule has 5 heteroatoms. The molecule has 0 atom stereocenters. The highest BCUT2D eigenvalue weighted by molar-refractivity contribution is 5.93. The molecule has 0 radical (unpaired) electrons. The number of aryl methyl sites for hydroxylation is 1. The van der Waals surface area contributed by atoms with E-state index in [2.05, 4.69) is 65.1 Å². The average Bonchev–Trinajstić information content (AvgIpc) is 3.25. The van der Waals surface area contributed by atoms with Crippen LogP contribution in [0.25, 0.3) is 33.4 Å². The number of anilines is 1. The summed E-state index contributed by atoms with van der Waals surface area (Å²) >= 11 is 0. The van der Waals surface area contributed by atoms with Crippen LogP contribution < -0.4 is 5.73 Å². The number of pyridine rings is 3. The lowest BCUT2D eigenvalue weighted by molar-refractivity contribution is 1.04. The third kappa shape index (κ3) is 4.21. The van der Waals surface area contributed by atoms with E-state index in [1.165, 1.54) is 5.56 Å². The number of nitrogens with zero attached hydrogens (tertiary/aromatic N) is 3. The van der Waals surface area contributed by atoms with Gasteiger partial charge in [0.2, 0.25) is 0 Å². The summed E-state index contributed by atoms with van der Waals surface area (Å²) in [4.78, 5) is 17.1. The molecule has 0 aliphatic carbocycles. The molecule has 4 heterocycles. The Balaban J connectivity index is 0.00000119. The van der Waals surface area contributed by atoms with Gasteiger partial charge in [-0.2, -0.15) is 0 Å². The summed E-state index contributed by atoms with van der Waals surface area (Å²) in [6.07, 6.45) is 14.0. The van der Waals surface area contributed by atoms with Crippen LogP contribution in [0.4, 0.5) is 5.69 Å². The molecule has 156 valence electrons. The second kappa shape index (κ2) is 9.15. The zero-order chi connectivity index (χ0) is 22.5. The van der Waals surface area contributed by atoms with Crippen molar-refractivity contribution < 1.29 is 0 Å². The summed E-state index contributed by atoms with van der Waals surface area (Å²) in [5.41, 5.74) is 15.0.